The molecule has 0 spiro atoms. The minimum atomic E-state index is -0.783. The molecule has 3 unspecified atom stereocenters. The second kappa shape index (κ2) is 50.6. The summed E-state index contributed by atoms with van der Waals surface area (Å²) < 4.78 is 5.95. The standard InChI is InChI=1S/C56H109NO5/c1-4-7-10-13-16-19-22-25-27-29-31-34-37-40-43-46-49-56(61)62-52(47-44-41-38-35-32-24-21-18-15-12-9-6-3)50-55(60)57-53(51-58)54(59)48-45-42-39-36-33-30-28-26-23-20-17-14-11-8-5-2/h27,29,52-54,58-59H,4-26,28,30-51H2,1-3H3,(H,57,60)/b29-27+. The molecule has 0 aliphatic carbocycles. The monoisotopic (exact) mass is 876 g/mol. The van der Waals surface area contributed by atoms with Gasteiger partial charge in [0.15, 0.2) is 0 Å². The quantitative estimate of drug-likeness (QED) is 0.0321. The van der Waals surface area contributed by atoms with Gasteiger partial charge in [0.2, 0.25) is 5.91 Å². The Kier molecular flexibility index (Phi) is 49.5. The highest BCUT2D eigenvalue weighted by molar-refractivity contribution is 5.77. The Morgan fingerprint density at radius 1 is 0.452 bits per heavy atom. The van der Waals surface area contributed by atoms with Gasteiger partial charge in [-0.15, -0.1) is 0 Å². The molecule has 0 saturated heterocycles. The van der Waals surface area contributed by atoms with Gasteiger partial charge in [0.05, 0.1) is 25.2 Å². The van der Waals surface area contributed by atoms with Crippen LogP contribution in [0.2, 0.25) is 0 Å². The van der Waals surface area contributed by atoms with Crippen molar-refractivity contribution in [2.24, 2.45) is 0 Å². The van der Waals surface area contributed by atoms with Crippen LogP contribution in [-0.4, -0.2) is 46.9 Å². The topological polar surface area (TPSA) is 95.9 Å². The predicted octanol–water partition coefficient (Wildman–Crippen LogP) is 16.9. The van der Waals surface area contributed by atoms with Crippen molar-refractivity contribution in [2.45, 2.75) is 328 Å². The SMILES string of the molecule is CCCCCCCCC/C=C/CCCCCCCC(=O)OC(CCCCCCCCCCCCCC)CC(=O)NC(CO)C(O)CCCCCCCCCCCCCCCCC. The molecule has 0 aromatic rings. The first-order valence-electron chi connectivity index (χ1n) is 27.9. The van der Waals surface area contributed by atoms with E-state index in [0.29, 0.717) is 19.3 Å². The van der Waals surface area contributed by atoms with Crippen LogP contribution < -0.4 is 5.32 Å². The van der Waals surface area contributed by atoms with Crippen LogP contribution in [0.15, 0.2) is 12.2 Å². The molecule has 0 bridgehead atoms. The van der Waals surface area contributed by atoms with Crippen LogP contribution in [0.3, 0.4) is 0 Å². The molecule has 3 N–H and O–H groups in total. The van der Waals surface area contributed by atoms with E-state index in [4.69, 9.17) is 4.74 Å². The first-order valence-corrected chi connectivity index (χ1v) is 27.9. The zero-order valence-electron chi connectivity index (χ0n) is 42.0. The third kappa shape index (κ3) is 45.2. The molecule has 6 heteroatoms. The Morgan fingerprint density at radius 2 is 0.774 bits per heavy atom. The molecule has 0 fully saturated rings. The number of unbranched alkanes of at least 4 members (excludes halogenated alkanes) is 37. The number of aliphatic hydroxyl groups is 2. The number of aliphatic hydroxyl groups excluding tert-OH is 2. The highest BCUT2D eigenvalue weighted by Gasteiger charge is 2.24. The van der Waals surface area contributed by atoms with Crippen molar-refractivity contribution in [3.63, 3.8) is 0 Å². The van der Waals surface area contributed by atoms with Gasteiger partial charge in [-0.05, 0) is 51.4 Å². The second-order valence-corrected chi connectivity index (χ2v) is 19.3. The Hall–Kier alpha value is -1.40. The zero-order valence-corrected chi connectivity index (χ0v) is 42.0. The number of hydrogen-bond donors (Lipinski definition) is 3. The van der Waals surface area contributed by atoms with Crippen molar-refractivity contribution in [1.29, 1.82) is 0 Å². The summed E-state index contributed by atoms with van der Waals surface area (Å²) in [4.78, 5) is 26.2. The van der Waals surface area contributed by atoms with E-state index in [1.54, 1.807) is 0 Å². The van der Waals surface area contributed by atoms with Gasteiger partial charge in [-0.2, -0.15) is 0 Å². The fourth-order valence-corrected chi connectivity index (χ4v) is 8.84. The van der Waals surface area contributed by atoms with Crippen LogP contribution in [0.1, 0.15) is 310 Å². The van der Waals surface area contributed by atoms with Crippen LogP contribution in [0.25, 0.3) is 0 Å². The van der Waals surface area contributed by atoms with Crippen molar-refractivity contribution < 1.29 is 24.5 Å². The molecule has 0 aromatic heterocycles. The Bertz CT molecular complexity index is 939. The van der Waals surface area contributed by atoms with Gasteiger partial charge >= 0.3 is 5.97 Å². The van der Waals surface area contributed by atoms with Crippen LogP contribution in [0.4, 0.5) is 0 Å². The minimum Gasteiger partial charge on any atom is -0.462 e. The lowest BCUT2D eigenvalue weighted by Gasteiger charge is -2.24. The molecule has 0 aliphatic rings. The molecule has 0 saturated carbocycles. The van der Waals surface area contributed by atoms with Crippen molar-refractivity contribution in [3.8, 4) is 0 Å². The maximum Gasteiger partial charge on any atom is 0.306 e. The van der Waals surface area contributed by atoms with E-state index in [2.05, 4.69) is 38.2 Å². The molecular formula is C56H109NO5. The maximum absolute atomic E-state index is 13.2. The molecule has 6 nitrogen and oxygen atoms in total. The molecule has 0 heterocycles. The minimum absolute atomic E-state index is 0.0818. The van der Waals surface area contributed by atoms with Crippen LogP contribution >= 0.6 is 0 Å². The van der Waals surface area contributed by atoms with Gasteiger partial charge in [-0.25, -0.2) is 0 Å². The summed E-state index contributed by atoms with van der Waals surface area (Å²) in [6.45, 7) is 6.51. The van der Waals surface area contributed by atoms with Gasteiger partial charge in [0.25, 0.3) is 0 Å². The summed E-state index contributed by atoms with van der Waals surface area (Å²) in [5.41, 5.74) is 0. The van der Waals surface area contributed by atoms with Gasteiger partial charge in [-0.3, -0.25) is 9.59 Å². The van der Waals surface area contributed by atoms with Crippen LogP contribution in [-0.2, 0) is 14.3 Å². The van der Waals surface area contributed by atoms with E-state index >= 15 is 0 Å². The largest absolute Gasteiger partial charge is 0.462 e. The van der Waals surface area contributed by atoms with E-state index in [0.717, 1.165) is 51.4 Å². The Morgan fingerprint density at radius 3 is 1.15 bits per heavy atom. The summed E-state index contributed by atoms with van der Waals surface area (Å²) in [6.07, 6.45) is 57.0. The molecule has 1 amide bonds. The van der Waals surface area contributed by atoms with E-state index in [1.807, 2.05) is 0 Å². The number of amides is 1. The lowest BCUT2D eigenvalue weighted by molar-refractivity contribution is -0.151. The molecule has 0 aromatic carbocycles. The second-order valence-electron chi connectivity index (χ2n) is 19.3. The molecule has 62 heavy (non-hydrogen) atoms. The van der Waals surface area contributed by atoms with Gasteiger partial charge < -0.3 is 20.3 Å². The number of rotatable bonds is 51. The van der Waals surface area contributed by atoms with Crippen molar-refractivity contribution in [1.82, 2.24) is 5.32 Å². The molecule has 3 atom stereocenters. The number of carbonyl (C=O) groups is 2. The number of hydrogen-bond acceptors (Lipinski definition) is 5. The summed E-state index contributed by atoms with van der Waals surface area (Å²) in [5, 5.41) is 23.8. The van der Waals surface area contributed by atoms with Gasteiger partial charge in [0, 0.05) is 6.42 Å². The van der Waals surface area contributed by atoms with Crippen molar-refractivity contribution in [2.75, 3.05) is 6.61 Å². The maximum atomic E-state index is 13.2. The third-order valence-corrected chi connectivity index (χ3v) is 13.1. The zero-order chi connectivity index (χ0) is 45.2. The lowest BCUT2D eigenvalue weighted by Crippen LogP contribution is -2.46. The number of carbonyl (C=O) groups excluding carboxylic acids is 2. The van der Waals surface area contributed by atoms with E-state index in [-0.39, 0.29) is 24.9 Å². The first kappa shape index (κ1) is 60.6. The first-order chi connectivity index (χ1) is 30.5. The van der Waals surface area contributed by atoms with Crippen molar-refractivity contribution >= 4 is 11.9 Å². The highest BCUT2D eigenvalue weighted by atomic mass is 16.5. The van der Waals surface area contributed by atoms with Gasteiger partial charge in [-0.1, -0.05) is 258 Å². The lowest BCUT2D eigenvalue weighted by atomic mass is 10.0. The Balaban J connectivity index is 4.48. The average molecular weight is 876 g/mol. The van der Waals surface area contributed by atoms with Crippen LogP contribution in [0, 0.1) is 0 Å². The third-order valence-electron chi connectivity index (χ3n) is 13.1. The molecule has 0 aliphatic heterocycles. The number of esters is 1. The van der Waals surface area contributed by atoms with E-state index in [1.165, 1.54) is 212 Å². The fourth-order valence-electron chi connectivity index (χ4n) is 8.84. The van der Waals surface area contributed by atoms with Crippen LogP contribution in [0.5, 0.6) is 0 Å². The number of allylic oxidation sites excluding steroid dienone is 2. The van der Waals surface area contributed by atoms with Crippen molar-refractivity contribution in [3.05, 3.63) is 12.2 Å². The highest BCUT2D eigenvalue weighted by Crippen LogP contribution is 2.19. The Labute approximate surface area is 387 Å². The van der Waals surface area contributed by atoms with Gasteiger partial charge in [0.1, 0.15) is 6.10 Å². The summed E-state index contributed by atoms with van der Waals surface area (Å²) in [7, 11) is 0. The number of ether oxygens (including phenoxy) is 1. The number of nitrogens with one attached hydrogen (secondary N) is 1. The fraction of sp³-hybridized carbons (Fsp3) is 0.929. The molecule has 0 radical (unpaired) electrons. The smallest absolute Gasteiger partial charge is 0.306 e. The normalized spacial score (nSPS) is 13.2. The molecule has 0 rings (SSSR count). The summed E-state index contributed by atoms with van der Waals surface area (Å²) in [5.74, 6) is -0.463. The average Bonchev–Trinajstić information content (AvgIpc) is 3.26. The molecule has 368 valence electrons. The van der Waals surface area contributed by atoms with E-state index < -0.39 is 18.2 Å². The summed E-state index contributed by atoms with van der Waals surface area (Å²) in [6, 6.07) is -0.697. The van der Waals surface area contributed by atoms with E-state index in [9.17, 15) is 19.8 Å². The predicted molar refractivity (Wildman–Crippen MR) is 269 cm³/mol. The molecular weight excluding hydrogens is 767 g/mol. The summed E-state index contributed by atoms with van der Waals surface area (Å²) >= 11 is 0.